The highest BCUT2D eigenvalue weighted by atomic mass is 19.1. The van der Waals surface area contributed by atoms with Gasteiger partial charge in [-0.05, 0) is 48.8 Å². The average Bonchev–Trinajstić information content (AvgIpc) is 3.39. The van der Waals surface area contributed by atoms with E-state index in [-0.39, 0.29) is 17.1 Å². The minimum absolute atomic E-state index is 0.0120. The van der Waals surface area contributed by atoms with Crippen LogP contribution in [0.3, 0.4) is 0 Å². The van der Waals surface area contributed by atoms with Gasteiger partial charge in [0.25, 0.3) is 0 Å². The van der Waals surface area contributed by atoms with Crippen molar-refractivity contribution in [1.82, 2.24) is 4.98 Å². The lowest BCUT2D eigenvalue weighted by Gasteiger charge is -2.31. The monoisotopic (exact) mass is 376 g/mol. The lowest BCUT2D eigenvalue weighted by Crippen LogP contribution is -2.37. The Morgan fingerprint density at radius 1 is 1.18 bits per heavy atom. The van der Waals surface area contributed by atoms with Crippen molar-refractivity contribution in [3.63, 3.8) is 0 Å². The lowest BCUT2D eigenvalue weighted by molar-refractivity contribution is -0.125. The number of carbonyl (C=O) groups excluding carboxylic acids is 1. The molecule has 0 radical (unpaired) electrons. The molecule has 0 bridgehead atoms. The number of fused-ring (bicyclic) bond motifs is 1. The van der Waals surface area contributed by atoms with E-state index in [0.717, 1.165) is 12.0 Å². The first-order valence-corrected chi connectivity index (χ1v) is 9.77. The van der Waals surface area contributed by atoms with Crippen LogP contribution in [-0.2, 0) is 11.2 Å². The van der Waals surface area contributed by atoms with Crippen LogP contribution >= 0.6 is 0 Å². The van der Waals surface area contributed by atoms with Gasteiger partial charge >= 0.3 is 0 Å². The number of hydrogen-bond acceptors (Lipinski definition) is 2. The molecule has 2 aromatic carbocycles. The van der Waals surface area contributed by atoms with Crippen LogP contribution in [-0.4, -0.2) is 10.9 Å². The second kappa shape index (κ2) is 7.01. The molecule has 0 unspecified atom stereocenters. The van der Waals surface area contributed by atoms with Gasteiger partial charge in [0, 0.05) is 5.39 Å². The molecule has 0 saturated heterocycles. The summed E-state index contributed by atoms with van der Waals surface area (Å²) < 4.78 is 13.9. The van der Waals surface area contributed by atoms with E-state index in [2.05, 4.69) is 29.4 Å². The van der Waals surface area contributed by atoms with Gasteiger partial charge in [-0.2, -0.15) is 0 Å². The Bertz CT molecular complexity index is 1010. The zero-order valence-electron chi connectivity index (χ0n) is 16.3. The van der Waals surface area contributed by atoms with Crippen molar-refractivity contribution < 1.29 is 9.18 Å². The van der Waals surface area contributed by atoms with E-state index >= 15 is 0 Å². The van der Waals surface area contributed by atoms with Crippen molar-refractivity contribution in [2.75, 3.05) is 5.32 Å². The van der Waals surface area contributed by atoms with Crippen molar-refractivity contribution in [3.05, 3.63) is 72.2 Å². The van der Waals surface area contributed by atoms with Gasteiger partial charge in [0.1, 0.15) is 11.3 Å². The molecule has 3 nitrogen and oxygen atoms in total. The number of para-hydroxylation sites is 1. The van der Waals surface area contributed by atoms with Crippen LogP contribution in [0.1, 0.15) is 38.7 Å². The SMILES string of the molecule is CC1(C[C@@](C)(Cc2ccccc2)C(=O)Nc2cnc3c(F)cccc3c2)CC1. The standard InChI is InChI=1S/C24H25FN2O/c1-23(11-12-23)16-24(2,14-17-7-4-3-5-8-17)22(28)27-19-13-18-9-6-10-20(25)21(18)26-15-19/h3-10,13,15H,11-12,14,16H2,1-2H3,(H,27,28)/t24-/m1/s1. The third-order valence-electron chi connectivity index (χ3n) is 5.83. The first-order chi connectivity index (χ1) is 13.4. The third kappa shape index (κ3) is 3.91. The maximum absolute atomic E-state index is 13.9. The molecular weight excluding hydrogens is 351 g/mol. The molecule has 1 atom stereocenters. The Labute approximate surface area is 165 Å². The Hall–Kier alpha value is -2.75. The molecule has 1 saturated carbocycles. The summed E-state index contributed by atoms with van der Waals surface area (Å²) in [7, 11) is 0. The van der Waals surface area contributed by atoms with Crippen LogP contribution in [0.5, 0.6) is 0 Å². The van der Waals surface area contributed by atoms with Crippen LogP contribution < -0.4 is 5.32 Å². The predicted octanol–water partition coefficient (Wildman–Crippen LogP) is 5.75. The summed E-state index contributed by atoms with van der Waals surface area (Å²) >= 11 is 0. The van der Waals surface area contributed by atoms with E-state index in [1.54, 1.807) is 18.2 Å². The van der Waals surface area contributed by atoms with Gasteiger partial charge in [-0.25, -0.2) is 4.39 Å². The minimum Gasteiger partial charge on any atom is -0.324 e. The van der Waals surface area contributed by atoms with Crippen molar-refractivity contribution in [3.8, 4) is 0 Å². The van der Waals surface area contributed by atoms with Crippen LogP contribution in [0.25, 0.3) is 10.9 Å². The van der Waals surface area contributed by atoms with Crippen molar-refractivity contribution in [1.29, 1.82) is 0 Å². The van der Waals surface area contributed by atoms with Crippen LogP contribution in [0.15, 0.2) is 60.8 Å². The zero-order valence-corrected chi connectivity index (χ0v) is 16.3. The largest absolute Gasteiger partial charge is 0.324 e. The summed E-state index contributed by atoms with van der Waals surface area (Å²) in [5.41, 5.74) is 1.79. The van der Waals surface area contributed by atoms with Gasteiger partial charge in [0.05, 0.1) is 17.3 Å². The van der Waals surface area contributed by atoms with E-state index in [0.29, 0.717) is 23.0 Å². The summed E-state index contributed by atoms with van der Waals surface area (Å²) in [4.78, 5) is 17.5. The van der Waals surface area contributed by atoms with Gasteiger partial charge in [-0.1, -0.05) is 56.3 Å². The molecule has 28 heavy (non-hydrogen) atoms. The number of nitrogens with zero attached hydrogens (tertiary/aromatic N) is 1. The second-order valence-electron chi connectivity index (χ2n) is 8.70. The molecular formula is C24H25FN2O. The summed E-state index contributed by atoms with van der Waals surface area (Å²) in [5, 5.41) is 3.72. The summed E-state index contributed by atoms with van der Waals surface area (Å²) in [5.74, 6) is -0.368. The fourth-order valence-corrected chi connectivity index (χ4v) is 4.08. The van der Waals surface area contributed by atoms with Crippen LogP contribution in [0.2, 0.25) is 0 Å². The first kappa shape index (κ1) is 18.6. The molecule has 144 valence electrons. The third-order valence-corrected chi connectivity index (χ3v) is 5.83. The summed E-state index contributed by atoms with van der Waals surface area (Å²) in [6.07, 6.45) is 5.40. The summed E-state index contributed by atoms with van der Waals surface area (Å²) in [6.45, 7) is 4.30. The number of carbonyl (C=O) groups is 1. The molecule has 0 aliphatic heterocycles. The number of amides is 1. The smallest absolute Gasteiger partial charge is 0.230 e. The van der Waals surface area contributed by atoms with Crippen LogP contribution in [0.4, 0.5) is 10.1 Å². The number of halogens is 1. The molecule has 4 heteroatoms. The molecule has 1 amide bonds. The van der Waals surface area contributed by atoms with Gasteiger partial charge in [-0.3, -0.25) is 9.78 Å². The molecule has 1 heterocycles. The van der Waals surface area contributed by atoms with E-state index < -0.39 is 5.41 Å². The van der Waals surface area contributed by atoms with Crippen LogP contribution in [0, 0.1) is 16.6 Å². The van der Waals surface area contributed by atoms with Gasteiger partial charge in [0.15, 0.2) is 0 Å². The van der Waals surface area contributed by atoms with Crippen molar-refractivity contribution >= 4 is 22.5 Å². The zero-order chi connectivity index (χ0) is 19.8. The van der Waals surface area contributed by atoms with E-state index in [9.17, 15) is 9.18 Å². The molecule has 1 aromatic heterocycles. The number of benzene rings is 2. The Morgan fingerprint density at radius 2 is 1.93 bits per heavy atom. The molecule has 3 aromatic rings. The van der Waals surface area contributed by atoms with E-state index in [1.807, 2.05) is 25.1 Å². The number of hydrogen-bond donors (Lipinski definition) is 1. The molecule has 1 fully saturated rings. The highest BCUT2D eigenvalue weighted by Crippen LogP contribution is 2.53. The number of rotatable bonds is 6. The molecule has 0 spiro atoms. The van der Waals surface area contributed by atoms with E-state index in [1.165, 1.54) is 25.1 Å². The van der Waals surface area contributed by atoms with Crippen molar-refractivity contribution in [2.45, 2.75) is 39.5 Å². The number of pyridine rings is 1. The fraction of sp³-hybridized carbons (Fsp3) is 0.333. The lowest BCUT2D eigenvalue weighted by atomic mass is 9.74. The average molecular weight is 376 g/mol. The maximum atomic E-state index is 13.9. The number of nitrogens with one attached hydrogen (secondary N) is 1. The molecule has 1 aliphatic rings. The Kier molecular flexibility index (Phi) is 4.66. The summed E-state index contributed by atoms with van der Waals surface area (Å²) in [6, 6.07) is 16.8. The van der Waals surface area contributed by atoms with Crippen molar-refractivity contribution in [2.24, 2.45) is 10.8 Å². The second-order valence-corrected chi connectivity index (χ2v) is 8.70. The maximum Gasteiger partial charge on any atom is 0.230 e. The highest BCUT2D eigenvalue weighted by molar-refractivity contribution is 5.96. The Balaban J connectivity index is 1.60. The highest BCUT2D eigenvalue weighted by Gasteiger charge is 2.46. The minimum atomic E-state index is -0.524. The Morgan fingerprint density at radius 3 is 2.64 bits per heavy atom. The van der Waals surface area contributed by atoms with Gasteiger partial charge in [-0.15, -0.1) is 0 Å². The molecule has 1 N–H and O–H groups in total. The molecule has 4 rings (SSSR count). The fourth-order valence-electron chi connectivity index (χ4n) is 4.08. The van der Waals surface area contributed by atoms with Gasteiger partial charge < -0.3 is 5.32 Å². The normalized spacial score (nSPS) is 17.1. The quantitative estimate of drug-likeness (QED) is 0.595. The first-order valence-electron chi connectivity index (χ1n) is 9.77. The number of anilines is 1. The van der Waals surface area contributed by atoms with Gasteiger partial charge in [0.2, 0.25) is 5.91 Å². The topological polar surface area (TPSA) is 42.0 Å². The molecule has 1 aliphatic carbocycles. The van der Waals surface area contributed by atoms with E-state index in [4.69, 9.17) is 0 Å². The predicted molar refractivity (Wildman–Crippen MR) is 111 cm³/mol. The number of aromatic nitrogens is 1.